The van der Waals surface area contributed by atoms with Crippen molar-refractivity contribution in [3.63, 3.8) is 0 Å². The van der Waals surface area contributed by atoms with E-state index in [4.69, 9.17) is 18.9 Å². The molecule has 9 heteroatoms. The zero-order chi connectivity index (χ0) is 24.7. The number of rotatable bonds is 8. The first-order chi connectivity index (χ1) is 16.3. The maximum Gasteiger partial charge on any atom is 0.336 e. The van der Waals surface area contributed by atoms with Gasteiger partial charge < -0.3 is 24.3 Å². The minimum atomic E-state index is -1.28. The van der Waals surface area contributed by atoms with Gasteiger partial charge >= 0.3 is 17.9 Å². The summed E-state index contributed by atoms with van der Waals surface area (Å²) in [6.07, 6.45) is 1.70. The topological polar surface area (TPSA) is 113 Å². The number of hydrogen-bond acceptors (Lipinski definition) is 9. The van der Waals surface area contributed by atoms with Crippen LogP contribution >= 0.6 is 0 Å². The molecule has 2 heterocycles. The maximum absolute atomic E-state index is 13.1. The number of dihydropyridines is 1. The number of esters is 3. The van der Waals surface area contributed by atoms with Crippen molar-refractivity contribution in [2.75, 3.05) is 14.2 Å². The second-order valence-corrected chi connectivity index (χ2v) is 7.48. The van der Waals surface area contributed by atoms with Gasteiger partial charge in [-0.25, -0.2) is 9.59 Å². The molecular weight excluding hydrogens is 440 g/mol. The number of ether oxygens (including phenoxy) is 4. The van der Waals surface area contributed by atoms with Gasteiger partial charge in [0.15, 0.2) is 0 Å². The van der Waals surface area contributed by atoms with Crippen LogP contribution in [0.15, 0.2) is 71.2 Å². The highest BCUT2D eigenvalue weighted by Gasteiger charge is 2.42. The highest BCUT2D eigenvalue weighted by molar-refractivity contribution is 6.05. The first kappa shape index (κ1) is 24.5. The first-order valence-corrected chi connectivity index (χ1v) is 10.5. The number of nitrogens with one attached hydrogen (secondary N) is 1. The maximum atomic E-state index is 13.1. The zero-order valence-electron chi connectivity index (χ0n) is 19.4. The molecule has 34 heavy (non-hydrogen) atoms. The Hall–Kier alpha value is -4.14. The quantitative estimate of drug-likeness (QED) is 0.463. The molecule has 0 bridgehead atoms. The lowest BCUT2D eigenvalue weighted by atomic mass is 9.85. The Morgan fingerprint density at radius 3 is 2.03 bits per heavy atom. The lowest BCUT2D eigenvalue weighted by molar-refractivity contribution is -0.152. The van der Waals surface area contributed by atoms with Crippen molar-refractivity contribution in [3.8, 4) is 5.75 Å². The number of allylic oxidation sites excluding steroid dienone is 2. The highest BCUT2D eigenvalue weighted by Crippen LogP contribution is 2.32. The molecule has 0 aliphatic carbocycles. The normalized spacial score (nSPS) is 13.8. The Kier molecular flexibility index (Phi) is 8.02. The minimum Gasteiger partial charge on any atom is -0.487 e. The minimum absolute atomic E-state index is 0.00299. The van der Waals surface area contributed by atoms with Crippen molar-refractivity contribution in [1.82, 2.24) is 10.3 Å². The van der Waals surface area contributed by atoms with Crippen molar-refractivity contribution in [3.05, 3.63) is 82.5 Å². The Labute approximate surface area is 197 Å². The van der Waals surface area contributed by atoms with E-state index in [2.05, 4.69) is 10.3 Å². The van der Waals surface area contributed by atoms with Crippen molar-refractivity contribution in [2.24, 2.45) is 5.92 Å². The van der Waals surface area contributed by atoms with Crippen LogP contribution in [0.2, 0.25) is 0 Å². The van der Waals surface area contributed by atoms with Crippen molar-refractivity contribution < 1.29 is 33.3 Å². The molecule has 9 nitrogen and oxygen atoms in total. The molecule has 1 aliphatic rings. The van der Waals surface area contributed by atoms with Crippen LogP contribution in [0.5, 0.6) is 5.75 Å². The second kappa shape index (κ2) is 11.1. The van der Waals surface area contributed by atoms with Gasteiger partial charge in [0.05, 0.1) is 31.1 Å². The molecule has 0 radical (unpaired) electrons. The molecule has 0 atom stereocenters. The number of nitrogens with zero attached hydrogens (tertiary/aromatic N) is 1. The van der Waals surface area contributed by atoms with Gasteiger partial charge in [0, 0.05) is 17.6 Å². The lowest BCUT2D eigenvalue weighted by Gasteiger charge is -2.28. The van der Waals surface area contributed by atoms with E-state index in [1.807, 2.05) is 18.2 Å². The molecule has 1 N–H and O–H groups in total. The number of methoxy groups -OCH3 is 2. The average molecular weight is 466 g/mol. The molecule has 0 saturated heterocycles. The molecule has 1 aromatic carbocycles. The first-order valence-electron chi connectivity index (χ1n) is 10.5. The van der Waals surface area contributed by atoms with E-state index in [-0.39, 0.29) is 17.8 Å². The summed E-state index contributed by atoms with van der Waals surface area (Å²) in [6.45, 7) is 3.50. The molecule has 0 unspecified atom stereocenters. The van der Waals surface area contributed by atoms with E-state index in [0.29, 0.717) is 29.3 Å². The molecule has 0 fully saturated rings. The van der Waals surface area contributed by atoms with E-state index in [1.165, 1.54) is 14.2 Å². The molecule has 1 aliphatic heterocycles. The predicted molar refractivity (Wildman–Crippen MR) is 121 cm³/mol. The number of benzene rings is 1. The van der Waals surface area contributed by atoms with Crippen LogP contribution in [0, 0.1) is 5.92 Å². The molecule has 0 spiro atoms. The Balaban J connectivity index is 1.71. The number of carbonyl (C=O) groups excluding carboxylic acids is 3. The molecule has 178 valence electrons. The average Bonchev–Trinajstić information content (AvgIpc) is 2.86. The fraction of sp³-hybridized carbons (Fsp3) is 0.280. The standard InChI is InChI=1S/C25H26N2O7/c1-15-20(23(28)31-3)22(21(16(2)27-15)24(29)32-4)25(30)34-13-17-8-10-19(11-9-17)33-14-18-7-5-6-12-26-18/h5-12,22,27H,13-14H2,1-4H3. The zero-order valence-corrected chi connectivity index (χ0v) is 19.4. The van der Waals surface area contributed by atoms with Crippen LogP contribution in [0.4, 0.5) is 0 Å². The van der Waals surface area contributed by atoms with Gasteiger partial charge in [0.2, 0.25) is 0 Å². The van der Waals surface area contributed by atoms with E-state index in [0.717, 1.165) is 5.69 Å². The number of carbonyl (C=O) groups is 3. The van der Waals surface area contributed by atoms with Crippen LogP contribution in [-0.4, -0.2) is 37.1 Å². The van der Waals surface area contributed by atoms with Gasteiger partial charge in [0.1, 0.15) is 24.9 Å². The van der Waals surface area contributed by atoms with Crippen LogP contribution in [0.3, 0.4) is 0 Å². The third-order valence-electron chi connectivity index (χ3n) is 5.22. The predicted octanol–water partition coefficient (Wildman–Crippen LogP) is 2.82. The monoisotopic (exact) mass is 466 g/mol. The molecule has 1 aromatic heterocycles. The van der Waals surface area contributed by atoms with Crippen LogP contribution < -0.4 is 10.1 Å². The summed E-state index contributed by atoms with van der Waals surface area (Å²) >= 11 is 0. The van der Waals surface area contributed by atoms with E-state index in [9.17, 15) is 14.4 Å². The number of pyridine rings is 1. The number of aromatic nitrogens is 1. The summed E-state index contributed by atoms with van der Waals surface area (Å²) in [7, 11) is 2.40. The number of hydrogen-bond donors (Lipinski definition) is 1. The van der Waals surface area contributed by atoms with Crippen LogP contribution in [-0.2, 0) is 41.8 Å². The fourth-order valence-electron chi connectivity index (χ4n) is 3.55. The fourth-order valence-corrected chi connectivity index (χ4v) is 3.55. The Morgan fingerprint density at radius 2 is 1.50 bits per heavy atom. The molecule has 2 aromatic rings. The van der Waals surface area contributed by atoms with Gasteiger partial charge in [-0.05, 0) is 43.7 Å². The van der Waals surface area contributed by atoms with Crippen LogP contribution in [0.25, 0.3) is 0 Å². The summed E-state index contributed by atoms with van der Waals surface area (Å²) in [5.41, 5.74) is 2.29. The second-order valence-electron chi connectivity index (χ2n) is 7.48. The van der Waals surface area contributed by atoms with Crippen molar-refractivity contribution in [2.45, 2.75) is 27.1 Å². The van der Waals surface area contributed by atoms with E-state index < -0.39 is 23.8 Å². The highest BCUT2D eigenvalue weighted by atomic mass is 16.5. The van der Waals surface area contributed by atoms with Gasteiger partial charge in [-0.15, -0.1) is 0 Å². The van der Waals surface area contributed by atoms with E-state index in [1.54, 1.807) is 44.3 Å². The van der Waals surface area contributed by atoms with Gasteiger partial charge in [-0.1, -0.05) is 18.2 Å². The van der Waals surface area contributed by atoms with Crippen molar-refractivity contribution >= 4 is 17.9 Å². The summed E-state index contributed by atoms with van der Waals surface area (Å²) in [5.74, 6) is -2.89. The molecule has 3 rings (SSSR count). The molecule has 0 amide bonds. The van der Waals surface area contributed by atoms with Gasteiger partial charge in [-0.2, -0.15) is 0 Å². The summed E-state index contributed by atoms with van der Waals surface area (Å²) in [4.78, 5) is 42.1. The smallest absolute Gasteiger partial charge is 0.336 e. The third kappa shape index (κ3) is 5.61. The summed E-state index contributed by atoms with van der Waals surface area (Å²) in [6, 6.07) is 12.6. The Bertz CT molecular complexity index is 1080. The van der Waals surface area contributed by atoms with Gasteiger partial charge in [0.25, 0.3) is 0 Å². The third-order valence-corrected chi connectivity index (χ3v) is 5.22. The van der Waals surface area contributed by atoms with Gasteiger partial charge in [-0.3, -0.25) is 9.78 Å². The molecular formula is C25H26N2O7. The lowest BCUT2D eigenvalue weighted by Crippen LogP contribution is -2.37. The summed E-state index contributed by atoms with van der Waals surface area (Å²) < 4.78 is 20.8. The SMILES string of the molecule is COC(=O)C1=C(C)NC(C)=C(C(=O)OC)C1C(=O)OCc1ccc(OCc2ccccn2)cc1. The summed E-state index contributed by atoms with van der Waals surface area (Å²) in [5, 5.41) is 2.93. The van der Waals surface area contributed by atoms with Crippen LogP contribution in [0.1, 0.15) is 25.1 Å². The van der Waals surface area contributed by atoms with Crippen molar-refractivity contribution in [1.29, 1.82) is 0 Å². The molecule has 0 saturated carbocycles. The Morgan fingerprint density at radius 1 is 0.882 bits per heavy atom. The largest absolute Gasteiger partial charge is 0.487 e. The van der Waals surface area contributed by atoms with E-state index >= 15 is 0 Å².